The molecule has 1 atom stereocenters. The van der Waals surface area contributed by atoms with Crippen LogP contribution in [-0.4, -0.2) is 22.6 Å². The topological polar surface area (TPSA) is 9.23 Å². The number of thiophene rings is 1. The van der Waals surface area contributed by atoms with Crippen LogP contribution in [0.3, 0.4) is 0 Å². The Morgan fingerprint density at radius 2 is 2.00 bits per heavy atom. The predicted molar refractivity (Wildman–Crippen MR) is 57.8 cm³/mol. The molecule has 1 unspecified atom stereocenters. The molecule has 0 amide bonds. The molecule has 0 aliphatic carbocycles. The van der Waals surface area contributed by atoms with E-state index in [9.17, 15) is 0 Å². The summed E-state index contributed by atoms with van der Waals surface area (Å²) >= 11 is 1.71. The van der Waals surface area contributed by atoms with Crippen LogP contribution in [0.25, 0.3) is 0 Å². The van der Waals surface area contributed by atoms with E-state index in [1.807, 2.05) is 22.9 Å². The number of rotatable bonds is 0. The van der Waals surface area contributed by atoms with Gasteiger partial charge in [0.2, 0.25) is 0 Å². The summed E-state index contributed by atoms with van der Waals surface area (Å²) in [5, 5.41) is 4.08. The Kier molecular flexibility index (Phi) is 5.31. The number of hydrogen-bond acceptors (Lipinski definition) is 2. The Morgan fingerprint density at radius 1 is 1.25 bits per heavy atom. The Balaban J connectivity index is 0.000000127. The average molecular weight is 200 g/mol. The van der Waals surface area contributed by atoms with Crippen LogP contribution < -0.4 is 0 Å². The van der Waals surface area contributed by atoms with Gasteiger partial charge < -0.3 is 4.74 Å². The van der Waals surface area contributed by atoms with E-state index < -0.39 is 0 Å². The van der Waals surface area contributed by atoms with Gasteiger partial charge >= 0.3 is 0 Å². The molecule has 2 heterocycles. The van der Waals surface area contributed by atoms with Crippen LogP contribution >= 0.6 is 11.3 Å². The van der Waals surface area contributed by atoms with E-state index in [4.69, 9.17) is 4.74 Å². The first-order valence-electron chi connectivity index (χ1n) is 4.48. The molecule has 0 bridgehead atoms. The molecule has 68 valence electrons. The predicted octanol–water partition coefficient (Wildman–Crippen LogP) is 1.63. The fraction of sp³-hybridized carbons (Fsp3) is 0.556. The highest BCUT2D eigenvalue weighted by Gasteiger charge is 2.05. The van der Waals surface area contributed by atoms with Gasteiger partial charge in [-0.1, -0.05) is 12.1 Å². The molecule has 1 aliphatic rings. The third-order valence-corrected chi connectivity index (χ3v) is 3.37. The maximum absolute atomic E-state index is 5.34. The van der Waals surface area contributed by atoms with Gasteiger partial charge in [0, 0.05) is 22.6 Å². The highest BCUT2D eigenvalue weighted by atomic mass is 32.1. The van der Waals surface area contributed by atoms with Crippen molar-refractivity contribution in [1.82, 2.24) is 0 Å². The Morgan fingerprint density at radius 3 is 2.25 bits per heavy atom. The van der Waals surface area contributed by atoms with Gasteiger partial charge in [-0.25, -0.2) is 0 Å². The van der Waals surface area contributed by atoms with E-state index in [2.05, 4.69) is 0 Å². The Hall–Kier alpha value is -0.123. The second-order valence-electron chi connectivity index (χ2n) is 2.97. The minimum absolute atomic E-state index is 0.675. The third kappa shape index (κ3) is 4.69. The van der Waals surface area contributed by atoms with Crippen LogP contribution in [0.15, 0.2) is 22.9 Å². The quantitative estimate of drug-likeness (QED) is 0.578. The van der Waals surface area contributed by atoms with Crippen molar-refractivity contribution in [3.8, 4) is 0 Å². The Bertz CT molecular complexity index is 153. The summed E-state index contributed by atoms with van der Waals surface area (Å²) in [5.41, 5.74) is 0.675. The summed E-state index contributed by atoms with van der Waals surface area (Å²) in [4.78, 5) is 0. The fourth-order valence-corrected chi connectivity index (χ4v) is 2.23. The van der Waals surface area contributed by atoms with Gasteiger partial charge in [-0.15, -0.1) is 0 Å². The van der Waals surface area contributed by atoms with Crippen molar-refractivity contribution in [1.29, 1.82) is 0 Å². The molecule has 0 N–H and O–H groups in total. The van der Waals surface area contributed by atoms with Crippen LogP contribution in [0, 0.1) is 0 Å². The van der Waals surface area contributed by atoms with E-state index in [0.29, 0.717) is 5.73 Å². The fourth-order valence-electron chi connectivity index (χ4n) is 1.13. The molecule has 2 rings (SSSR count). The standard InChI is InChI=1S/C5H12OSi.C4H4S/c7-5-3-1-2-4-6-5;1-2-4-5-3-1/h5H,1-4H2,7H3;1-4H. The minimum atomic E-state index is 0.675. The van der Waals surface area contributed by atoms with Crippen molar-refractivity contribution in [2.75, 3.05) is 6.61 Å². The summed E-state index contributed by atoms with van der Waals surface area (Å²) in [6.45, 7) is 1.02. The SMILES string of the molecule is [SiH3]C1CCCCO1.c1ccsc1. The molecule has 12 heavy (non-hydrogen) atoms. The smallest absolute Gasteiger partial charge is 0.0465 e. The summed E-state index contributed by atoms with van der Waals surface area (Å²) < 4.78 is 5.34. The largest absolute Gasteiger partial charge is 0.383 e. The van der Waals surface area contributed by atoms with E-state index in [1.165, 1.54) is 29.5 Å². The van der Waals surface area contributed by atoms with E-state index >= 15 is 0 Å². The first-order chi connectivity index (χ1) is 5.89. The molecule has 1 aliphatic heterocycles. The minimum Gasteiger partial charge on any atom is -0.383 e. The molecule has 0 saturated carbocycles. The lowest BCUT2D eigenvalue weighted by Crippen LogP contribution is -2.18. The second kappa shape index (κ2) is 6.40. The van der Waals surface area contributed by atoms with E-state index in [1.54, 1.807) is 11.3 Å². The third-order valence-electron chi connectivity index (χ3n) is 1.83. The van der Waals surface area contributed by atoms with Crippen LogP contribution in [0.1, 0.15) is 19.3 Å². The molecule has 1 nitrogen and oxygen atoms in total. The van der Waals surface area contributed by atoms with Gasteiger partial charge in [0.1, 0.15) is 0 Å². The molecule has 3 heteroatoms. The molecule has 1 aromatic heterocycles. The van der Waals surface area contributed by atoms with Crippen molar-refractivity contribution in [2.24, 2.45) is 0 Å². The number of hydrogen-bond donors (Lipinski definition) is 0. The summed E-state index contributed by atoms with van der Waals surface area (Å²) in [6, 6.07) is 4.04. The number of ether oxygens (including phenoxy) is 1. The van der Waals surface area contributed by atoms with Crippen LogP contribution in [-0.2, 0) is 4.74 Å². The zero-order chi connectivity index (χ0) is 8.65. The van der Waals surface area contributed by atoms with Crippen LogP contribution in [0.2, 0.25) is 0 Å². The molecule has 1 aromatic rings. The van der Waals surface area contributed by atoms with E-state index in [-0.39, 0.29) is 0 Å². The second-order valence-corrected chi connectivity index (χ2v) is 5.07. The van der Waals surface area contributed by atoms with Gasteiger partial charge in [0.15, 0.2) is 0 Å². The van der Waals surface area contributed by atoms with Crippen molar-refractivity contribution < 1.29 is 4.74 Å². The van der Waals surface area contributed by atoms with Gasteiger partial charge in [0.05, 0.1) is 0 Å². The first-order valence-corrected chi connectivity index (χ1v) is 6.58. The Labute approximate surface area is 81.2 Å². The molecule has 1 saturated heterocycles. The van der Waals surface area contributed by atoms with Gasteiger partial charge in [-0.05, 0) is 30.0 Å². The molecule has 0 radical (unpaired) electrons. The van der Waals surface area contributed by atoms with Gasteiger partial charge in [-0.3, -0.25) is 0 Å². The molecule has 0 aromatic carbocycles. The average Bonchev–Trinajstić information content (AvgIpc) is 2.62. The zero-order valence-electron chi connectivity index (χ0n) is 7.53. The van der Waals surface area contributed by atoms with E-state index in [0.717, 1.165) is 6.61 Å². The molecule has 1 fully saturated rings. The van der Waals surface area contributed by atoms with Crippen LogP contribution in [0.5, 0.6) is 0 Å². The summed E-state index contributed by atoms with van der Waals surface area (Å²) in [7, 11) is 1.23. The first kappa shape index (κ1) is 9.96. The van der Waals surface area contributed by atoms with Crippen molar-refractivity contribution >= 4 is 21.6 Å². The molecular weight excluding hydrogens is 184 g/mol. The lowest BCUT2D eigenvalue weighted by molar-refractivity contribution is 0.0675. The normalized spacial score (nSPS) is 22.8. The maximum atomic E-state index is 5.34. The van der Waals surface area contributed by atoms with Crippen molar-refractivity contribution in [3.05, 3.63) is 22.9 Å². The van der Waals surface area contributed by atoms with Gasteiger partial charge in [0.25, 0.3) is 0 Å². The lowest BCUT2D eigenvalue weighted by Gasteiger charge is -2.17. The monoisotopic (exact) mass is 200 g/mol. The molecular formula is C9H16OSSi. The van der Waals surface area contributed by atoms with Crippen molar-refractivity contribution in [2.45, 2.75) is 25.0 Å². The van der Waals surface area contributed by atoms with Crippen LogP contribution in [0.4, 0.5) is 0 Å². The highest BCUT2D eigenvalue weighted by Crippen LogP contribution is 2.08. The van der Waals surface area contributed by atoms with Crippen molar-refractivity contribution in [3.63, 3.8) is 0 Å². The summed E-state index contributed by atoms with van der Waals surface area (Å²) in [6.07, 6.45) is 4.01. The van der Waals surface area contributed by atoms with Gasteiger partial charge in [-0.2, -0.15) is 11.3 Å². The highest BCUT2D eigenvalue weighted by molar-refractivity contribution is 7.07. The maximum Gasteiger partial charge on any atom is 0.0465 e. The molecule has 0 spiro atoms. The summed E-state index contributed by atoms with van der Waals surface area (Å²) in [5.74, 6) is 0. The zero-order valence-corrected chi connectivity index (χ0v) is 10.3. The lowest BCUT2D eigenvalue weighted by atomic mass is 10.2.